The molecule has 0 fully saturated rings. The fourth-order valence-electron chi connectivity index (χ4n) is 4.36. The Kier molecular flexibility index (Phi) is 7.93. The third-order valence-electron chi connectivity index (χ3n) is 6.68. The molecule has 0 radical (unpaired) electrons. The van der Waals surface area contributed by atoms with E-state index >= 15 is 0 Å². The van der Waals surface area contributed by atoms with Crippen molar-refractivity contribution in [1.82, 2.24) is 14.8 Å². The number of nitrogens with one attached hydrogen (secondary N) is 3. The Bertz CT molecular complexity index is 1750. The van der Waals surface area contributed by atoms with Gasteiger partial charge in [0.2, 0.25) is 5.91 Å². The number of urea groups is 1. The molecule has 0 aliphatic heterocycles. The average molecular weight is 563 g/mol. The molecule has 0 spiro atoms. The van der Waals surface area contributed by atoms with E-state index in [4.69, 9.17) is 9.84 Å². The Labute approximate surface area is 244 Å². The fraction of sp³-hybridized carbons (Fsp3) is 0.212. The second-order valence-electron chi connectivity index (χ2n) is 11.0. The first-order chi connectivity index (χ1) is 20.1. The maximum absolute atomic E-state index is 13.3. The maximum atomic E-state index is 13.3. The van der Waals surface area contributed by atoms with Gasteiger partial charge < -0.3 is 15.4 Å². The van der Waals surface area contributed by atoms with Crippen molar-refractivity contribution in [3.63, 3.8) is 0 Å². The molecule has 0 saturated carbocycles. The van der Waals surface area contributed by atoms with Crippen LogP contribution in [0.4, 0.5) is 22.1 Å². The molecule has 9 heteroatoms. The van der Waals surface area contributed by atoms with Gasteiger partial charge in [0.25, 0.3) is 0 Å². The summed E-state index contributed by atoms with van der Waals surface area (Å²) in [6.07, 6.45) is 1.93. The number of carbonyl (C=O) groups excluding carboxylic acids is 2. The standard InChI is InChI=1S/C33H34N6O3/c1-6-31(40)36-29-19-23(17-18-34-29)42-27-16-15-26(24-9-7-8-10-25(24)27)35-32(41)37-30-20-28(33(3,4)5)38-39(30)22-13-11-21(2)12-14-22/h7-20H,6H2,1-5H3,(H,34,36,40)(H2,35,37,41). The van der Waals surface area contributed by atoms with Crippen LogP contribution in [0.1, 0.15) is 45.4 Å². The van der Waals surface area contributed by atoms with Gasteiger partial charge in [-0.05, 0) is 37.3 Å². The zero-order valence-corrected chi connectivity index (χ0v) is 24.4. The smallest absolute Gasteiger partial charge is 0.324 e. The van der Waals surface area contributed by atoms with Crippen molar-refractivity contribution in [1.29, 1.82) is 0 Å². The Morgan fingerprint density at radius 2 is 1.62 bits per heavy atom. The lowest BCUT2D eigenvalue weighted by Gasteiger charge is -2.14. The molecule has 0 bridgehead atoms. The maximum Gasteiger partial charge on any atom is 0.324 e. The van der Waals surface area contributed by atoms with E-state index in [1.807, 2.05) is 61.5 Å². The number of amides is 3. The first-order valence-corrected chi connectivity index (χ1v) is 13.8. The van der Waals surface area contributed by atoms with Crippen LogP contribution in [0.5, 0.6) is 11.5 Å². The number of hydrogen-bond donors (Lipinski definition) is 3. The lowest BCUT2D eigenvalue weighted by atomic mass is 9.92. The van der Waals surface area contributed by atoms with Gasteiger partial charge in [-0.3, -0.25) is 10.1 Å². The summed E-state index contributed by atoms with van der Waals surface area (Å²) in [6, 6.07) is 24.2. The molecule has 0 unspecified atom stereocenters. The van der Waals surface area contributed by atoms with Crippen molar-refractivity contribution in [2.24, 2.45) is 0 Å². The molecule has 0 aliphatic rings. The molecule has 3 amide bonds. The monoisotopic (exact) mass is 562 g/mol. The number of fused-ring (bicyclic) bond motifs is 1. The van der Waals surface area contributed by atoms with E-state index in [-0.39, 0.29) is 11.3 Å². The van der Waals surface area contributed by atoms with Gasteiger partial charge in [0.05, 0.1) is 17.1 Å². The zero-order valence-electron chi connectivity index (χ0n) is 24.4. The van der Waals surface area contributed by atoms with Gasteiger partial charge in [-0.2, -0.15) is 5.10 Å². The molecule has 3 N–H and O–H groups in total. The number of pyridine rings is 1. The van der Waals surface area contributed by atoms with E-state index in [2.05, 4.69) is 41.7 Å². The molecule has 3 aromatic carbocycles. The fourth-order valence-corrected chi connectivity index (χ4v) is 4.36. The van der Waals surface area contributed by atoms with Gasteiger partial charge in [-0.25, -0.2) is 14.5 Å². The molecule has 214 valence electrons. The molecular weight excluding hydrogens is 528 g/mol. The minimum absolute atomic E-state index is 0.129. The van der Waals surface area contributed by atoms with Crippen LogP contribution in [0.15, 0.2) is 85.1 Å². The first kappa shape index (κ1) is 28.4. The predicted octanol–water partition coefficient (Wildman–Crippen LogP) is 7.81. The molecule has 0 atom stereocenters. The van der Waals surface area contributed by atoms with E-state index in [0.29, 0.717) is 35.2 Å². The number of anilines is 3. The van der Waals surface area contributed by atoms with Crippen LogP contribution in [0.25, 0.3) is 16.5 Å². The number of benzene rings is 3. The molecular formula is C33H34N6O3. The van der Waals surface area contributed by atoms with E-state index in [1.165, 1.54) is 0 Å². The van der Waals surface area contributed by atoms with Crippen LogP contribution in [-0.4, -0.2) is 26.7 Å². The number of carbonyl (C=O) groups is 2. The summed E-state index contributed by atoms with van der Waals surface area (Å²) in [5.74, 6) is 1.98. The van der Waals surface area contributed by atoms with Crippen LogP contribution < -0.4 is 20.7 Å². The molecule has 42 heavy (non-hydrogen) atoms. The summed E-state index contributed by atoms with van der Waals surface area (Å²) in [6.45, 7) is 10.1. The van der Waals surface area contributed by atoms with Crippen LogP contribution in [-0.2, 0) is 10.2 Å². The topological polar surface area (TPSA) is 110 Å². The van der Waals surface area contributed by atoms with Crippen LogP contribution in [0, 0.1) is 6.92 Å². The highest BCUT2D eigenvalue weighted by molar-refractivity contribution is 6.07. The third-order valence-corrected chi connectivity index (χ3v) is 6.68. The van der Waals surface area contributed by atoms with Gasteiger partial charge in [0.15, 0.2) is 0 Å². The van der Waals surface area contributed by atoms with E-state index in [1.54, 1.807) is 42.1 Å². The van der Waals surface area contributed by atoms with Crippen molar-refractivity contribution in [3.8, 4) is 17.2 Å². The van der Waals surface area contributed by atoms with E-state index in [9.17, 15) is 9.59 Å². The molecule has 5 aromatic rings. The third kappa shape index (κ3) is 6.41. The largest absolute Gasteiger partial charge is 0.457 e. The number of aromatic nitrogens is 3. The van der Waals surface area contributed by atoms with Crippen LogP contribution in [0.2, 0.25) is 0 Å². The molecule has 9 nitrogen and oxygen atoms in total. The Hall–Kier alpha value is -5.18. The summed E-state index contributed by atoms with van der Waals surface area (Å²) < 4.78 is 7.93. The summed E-state index contributed by atoms with van der Waals surface area (Å²) in [5, 5.41) is 15.1. The second kappa shape index (κ2) is 11.7. The summed E-state index contributed by atoms with van der Waals surface area (Å²) in [4.78, 5) is 29.3. The van der Waals surface area contributed by atoms with Crippen LogP contribution in [0.3, 0.4) is 0 Å². The van der Waals surface area contributed by atoms with Crippen molar-refractivity contribution in [3.05, 3.63) is 96.3 Å². The normalized spacial score (nSPS) is 11.3. The lowest BCUT2D eigenvalue weighted by molar-refractivity contribution is -0.115. The second-order valence-corrected chi connectivity index (χ2v) is 11.0. The van der Waals surface area contributed by atoms with Gasteiger partial charge in [0.1, 0.15) is 23.1 Å². The Morgan fingerprint density at radius 3 is 2.33 bits per heavy atom. The number of aryl methyl sites for hydroxylation is 1. The summed E-state index contributed by atoms with van der Waals surface area (Å²) in [5.41, 5.74) is 3.27. The highest BCUT2D eigenvalue weighted by Crippen LogP contribution is 2.35. The van der Waals surface area contributed by atoms with Crippen molar-refractivity contribution >= 4 is 40.0 Å². The first-order valence-electron chi connectivity index (χ1n) is 13.8. The lowest BCUT2D eigenvalue weighted by Crippen LogP contribution is -2.21. The van der Waals surface area contributed by atoms with Crippen LogP contribution >= 0.6 is 0 Å². The summed E-state index contributed by atoms with van der Waals surface area (Å²) in [7, 11) is 0. The predicted molar refractivity (Wildman–Crippen MR) is 167 cm³/mol. The van der Waals surface area contributed by atoms with Gasteiger partial charge in [-0.1, -0.05) is 69.7 Å². The van der Waals surface area contributed by atoms with Crippen molar-refractivity contribution in [2.75, 3.05) is 16.0 Å². The minimum Gasteiger partial charge on any atom is -0.457 e. The average Bonchev–Trinajstić information content (AvgIpc) is 3.39. The Morgan fingerprint density at radius 1 is 0.881 bits per heavy atom. The molecule has 2 heterocycles. The van der Waals surface area contributed by atoms with Crippen molar-refractivity contribution in [2.45, 2.75) is 46.5 Å². The molecule has 0 aliphatic carbocycles. The van der Waals surface area contributed by atoms with Gasteiger partial charge in [-0.15, -0.1) is 0 Å². The van der Waals surface area contributed by atoms with Gasteiger partial charge >= 0.3 is 6.03 Å². The molecule has 2 aromatic heterocycles. The summed E-state index contributed by atoms with van der Waals surface area (Å²) >= 11 is 0. The van der Waals surface area contributed by atoms with Gasteiger partial charge in [0, 0.05) is 40.9 Å². The SMILES string of the molecule is CCC(=O)Nc1cc(Oc2ccc(NC(=O)Nc3cc(C(C)(C)C)nn3-c3ccc(C)cc3)c3ccccc23)ccn1. The Balaban J connectivity index is 1.40. The highest BCUT2D eigenvalue weighted by Gasteiger charge is 2.22. The molecule has 0 saturated heterocycles. The highest BCUT2D eigenvalue weighted by atomic mass is 16.5. The number of hydrogen-bond acceptors (Lipinski definition) is 5. The van der Waals surface area contributed by atoms with Crippen molar-refractivity contribution < 1.29 is 14.3 Å². The van der Waals surface area contributed by atoms with E-state index < -0.39 is 6.03 Å². The number of nitrogens with zero attached hydrogens (tertiary/aromatic N) is 3. The molecule has 5 rings (SSSR count). The number of rotatable bonds is 7. The minimum atomic E-state index is -0.395. The van der Waals surface area contributed by atoms with E-state index in [0.717, 1.165) is 27.7 Å². The zero-order chi connectivity index (χ0) is 29.9. The number of ether oxygens (including phenoxy) is 1. The quantitative estimate of drug-likeness (QED) is 0.187.